The summed E-state index contributed by atoms with van der Waals surface area (Å²) >= 11 is 0. The lowest BCUT2D eigenvalue weighted by Crippen LogP contribution is -2.36. The zero-order valence-electron chi connectivity index (χ0n) is 14.6. The minimum Gasteiger partial charge on any atom is -0.493 e. The number of nitrogens with zero attached hydrogens (tertiary/aromatic N) is 6. The van der Waals surface area contributed by atoms with Gasteiger partial charge in [0.2, 0.25) is 0 Å². The van der Waals surface area contributed by atoms with Crippen LogP contribution in [0.2, 0.25) is 0 Å². The lowest BCUT2D eigenvalue weighted by molar-refractivity contribution is 0.221. The maximum absolute atomic E-state index is 5.99. The molecule has 1 aliphatic heterocycles. The summed E-state index contributed by atoms with van der Waals surface area (Å²) in [5.74, 6) is 2.43. The standard InChI is InChI=1S/C18H22N6O/c1-13-9-19-6-3-15(13)25-10-14-4-7-24(8-5-14)18-16-17(20-11-21-18)23(2)12-22-16/h3,6,9,11-12,14H,4-5,7-8,10H2,1-2H3. The number of aromatic nitrogens is 5. The van der Waals surface area contributed by atoms with E-state index in [0.717, 1.165) is 60.8 Å². The molecule has 0 unspecified atom stereocenters. The first kappa shape index (κ1) is 15.8. The van der Waals surface area contributed by atoms with E-state index in [0.29, 0.717) is 5.92 Å². The van der Waals surface area contributed by atoms with E-state index >= 15 is 0 Å². The van der Waals surface area contributed by atoms with E-state index in [1.807, 2.05) is 30.8 Å². The molecule has 0 N–H and O–H groups in total. The summed E-state index contributed by atoms with van der Waals surface area (Å²) in [7, 11) is 1.96. The van der Waals surface area contributed by atoms with E-state index in [4.69, 9.17) is 4.74 Å². The molecule has 0 bridgehead atoms. The first-order valence-corrected chi connectivity index (χ1v) is 8.63. The van der Waals surface area contributed by atoms with Crippen LogP contribution in [0.1, 0.15) is 18.4 Å². The molecule has 0 aliphatic carbocycles. The van der Waals surface area contributed by atoms with Gasteiger partial charge in [-0.3, -0.25) is 4.98 Å². The quantitative estimate of drug-likeness (QED) is 0.727. The zero-order valence-corrected chi connectivity index (χ0v) is 14.6. The topological polar surface area (TPSA) is 69.0 Å². The Kier molecular flexibility index (Phi) is 4.21. The molecule has 7 nitrogen and oxygen atoms in total. The number of hydrogen-bond acceptors (Lipinski definition) is 6. The fraction of sp³-hybridized carbons (Fsp3) is 0.444. The monoisotopic (exact) mass is 338 g/mol. The first-order valence-electron chi connectivity index (χ1n) is 8.63. The third-order valence-electron chi connectivity index (χ3n) is 4.84. The van der Waals surface area contributed by atoms with Crippen LogP contribution in [-0.2, 0) is 7.05 Å². The van der Waals surface area contributed by atoms with Gasteiger partial charge >= 0.3 is 0 Å². The molecule has 3 aromatic rings. The van der Waals surface area contributed by atoms with Crippen molar-refractivity contribution in [2.24, 2.45) is 13.0 Å². The molecule has 1 saturated heterocycles. The van der Waals surface area contributed by atoms with Crippen LogP contribution < -0.4 is 9.64 Å². The highest BCUT2D eigenvalue weighted by molar-refractivity contribution is 5.83. The van der Waals surface area contributed by atoms with Gasteiger partial charge in [0.15, 0.2) is 17.0 Å². The average Bonchev–Trinajstić information content (AvgIpc) is 3.03. The SMILES string of the molecule is Cc1cnccc1OCC1CCN(c2ncnc3c2ncn3C)CC1. The lowest BCUT2D eigenvalue weighted by atomic mass is 9.98. The lowest BCUT2D eigenvalue weighted by Gasteiger charge is -2.32. The van der Waals surface area contributed by atoms with E-state index < -0.39 is 0 Å². The Bertz CT molecular complexity index is 869. The maximum Gasteiger partial charge on any atom is 0.165 e. The van der Waals surface area contributed by atoms with E-state index in [9.17, 15) is 0 Å². The van der Waals surface area contributed by atoms with E-state index in [1.54, 1.807) is 18.9 Å². The Hall–Kier alpha value is -2.70. The summed E-state index contributed by atoms with van der Waals surface area (Å²) in [6, 6.07) is 1.93. The highest BCUT2D eigenvalue weighted by Crippen LogP contribution is 2.27. The molecule has 3 aromatic heterocycles. The number of ether oxygens (including phenoxy) is 1. The number of fused-ring (bicyclic) bond motifs is 1. The molecule has 0 saturated carbocycles. The van der Waals surface area contributed by atoms with Crippen molar-refractivity contribution >= 4 is 17.0 Å². The second-order valence-electron chi connectivity index (χ2n) is 6.61. The van der Waals surface area contributed by atoms with Crippen molar-refractivity contribution in [2.75, 3.05) is 24.6 Å². The van der Waals surface area contributed by atoms with Gasteiger partial charge in [-0.05, 0) is 31.7 Å². The third kappa shape index (κ3) is 3.14. The summed E-state index contributed by atoms with van der Waals surface area (Å²) in [6.45, 7) is 4.71. The normalized spacial score (nSPS) is 15.7. The Labute approximate surface area is 146 Å². The minimum atomic E-state index is 0.560. The fourth-order valence-electron chi connectivity index (χ4n) is 3.31. The van der Waals surface area contributed by atoms with Crippen LogP contribution in [0.15, 0.2) is 31.1 Å². The zero-order chi connectivity index (χ0) is 17.2. The smallest absolute Gasteiger partial charge is 0.165 e. The second kappa shape index (κ2) is 6.66. The van der Waals surface area contributed by atoms with Crippen molar-refractivity contribution in [3.05, 3.63) is 36.7 Å². The molecule has 0 aromatic carbocycles. The average molecular weight is 338 g/mol. The van der Waals surface area contributed by atoms with Crippen LogP contribution in [-0.4, -0.2) is 44.2 Å². The summed E-state index contributed by atoms with van der Waals surface area (Å²) in [5, 5.41) is 0. The van der Waals surface area contributed by atoms with E-state index in [2.05, 4.69) is 24.8 Å². The minimum absolute atomic E-state index is 0.560. The Morgan fingerprint density at radius 2 is 2.04 bits per heavy atom. The largest absolute Gasteiger partial charge is 0.493 e. The van der Waals surface area contributed by atoms with Crippen molar-refractivity contribution in [3.8, 4) is 5.75 Å². The van der Waals surface area contributed by atoms with Crippen LogP contribution in [0.5, 0.6) is 5.75 Å². The predicted octanol–water partition coefficient (Wildman–Crippen LogP) is 2.36. The van der Waals surface area contributed by atoms with Crippen LogP contribution >= 0.6 is 0 Å². The number of pyridine rings is 1. The second-order valence-corrected chi connectivity index (χ2v) is 6.61. The van der Waals surface area contributed by atoms with Gasteiger partial charge in [0.05, 0.1) is 12.9 Å². The highest BCUT2D eigenvalue weighted by Gasteiger charge is 2.23. The van der Waals surface area contributed by atoms with Crippen molar-refractivity contribution in [1.82, 2.24) is 24.5 Å². The van der Waals surface area contributed by atoms with Crippen LogP contribution in [0, 0.1) is 12.8 Å². The Morgan fingerprint density at radius 1 is 1.20 bits per heavy atom. The van der Waals surface area contributed by atoms with E-state index in [-0.39, 0.29) is 0 Å². The number of aryl methyl sites for hydroxylation is 2. The number of anilines is 1. The van der Waals surface area contributed by atoms with E-state index in [1.165, 1.54) is 0 Å². The van der Waals surface area contributed by atoms with Gasteiger partial charge in [0.25, 0.3) is 0 Å². The molecule has 1 fully saturated rings. The van der Waals surface area contributed by atoms with Crippen LogP contribution in [0.3, 0.4) is 0 Å². The number of imidazole rings is 1. The predicted molar refractivity (Wildman–Crippen MR) is 95.7 cm³/mol. The van der Waals surface area contributed by atoms with Crippen molar-refractivity contribution in [1.29, 1.82) is 0 Å². The van der Waals surface area contributed by atoms with Gasteiger partial charge in [0.1, 0.15) is 12.1 Å². The summed E-state index contributed by atoms with van der Waals surface area (Å²) < 4.78 is 7.92. The highest BCUT2D eigenvalue weighted by atomic mass is 16.5. The molecule has 4 heterocycles. The van der Waals surface area contributed by atoms with Gasteiger partial charge in [-0.25, -0.2) is 15.0 Å². The van der Waals surface area contributed by atoms with Gasteiger partial charge in [-0.1, -0.05) is 0 Å². The molecule has 4 rings (SSSR count). The molecule has 1 aliphatic rings. The van der Waals surface area contributed by atoms with Crippen molar-refractivity contribution < 1.29 is 4.74 Å². The third-order valence-corrected chi connectivity index (χ3v) is 4.84. The Morgan fingerprint density at radius 3 is 2.84 bits per heavy atom. The van der Waals surface area contributed by atoms with Crippen LogP contribution in [0.25, 0.3) is 11.2 Å². The van der Waals surface area contributed by atoms with Crippen LogP contribution in [0.4, 0.5) is 5.82 Å². The molecular formula is C18H22N6O. The molecular weight excluding hydrogens is 316 g/mol. The molecule has 0 atom stereocenters. The first-order chi connectivity index (χ1) is 12.2. The maximum atomic E-state index is 5.99. The van der Waals surface area contributed by atoms with Crippen molar-refractivity contribution in [3.63, 3.8) is 0 Å². The summed E-state index contributed by atoms with van der Waals surface area (Å²) in [4.78, 5) is 19.7. The summed E-state index contributed by atoms with van der Waals surface area (Å²) in [5.41, 5.74) is 2.84. The van der Waals surface area contributed by atoms with Gasteiger partial charge in [-0.2, -0.15) is 0 Å². The molecule has 130 valence electrons. The van der Waals surface area contributed by atoms with Gasteiger partial charge in [0, 0.05) is 38.1 Å². The van der Waals surface area contributed by atoms with Gasteiger partial charge in [-0.15, -0.1) is 0 Å². The fourth-order valence-corrected chi connectivity index (χ4v) is 3.31. The van der Waals surface area contributed by atoms with Crippen molar-refractivity contribution in [2.45, 2.75) is 19.8 Å². The molecule has 7 heteroatoms. The number of hydrogen-bond donors (Lipinski definition) is 0. The Balaban J connectivity index is 1.39. The molecule has 0 spiro atoms. The molecule has 25 heavy (non-hydrogen) atoms. The molecule has 0 amide bonds. The number of rotatable bonds is 4. The van der Waals surface area contributed by atoms with Gasteiger partial charge < -0.3 is 14.2 Å². The molecule has 0 radical (unpaired) electrons. The summed E-state index contributed by atoms with van der Waals surface area (Å²) in [6.07, 6.45) is 9.20. The number of piperidine rings is 1.